The summed E-state index contributed by atoms with van der Waals surface area (Å²) in [7, 11) is 1.43. The molecular formula is C11H11FN2O2. The summed E-state index contributed by atoms with van der Waals surface area (Å²) in [5, 5.41) is 3.54. The number of nitrogen functional groups attached to an aromatic ring is 1. The molecule has 0 saturated heterocycles. The number of halogens is 1. The van der Waals surface area contributed by atoms with Crippen LogP contribution < -0.4 is 10.5 Å². The second kappa shape index (κ2) is 3.84. The number of nitrogens with two attached hydrogens (primary N) is 1. The van der Waals surface area contributed by atoms with Crippen LogP contribution in [0.3, 0.4) is 0 Å². The van der Waals surface area contributed by atoms with Crippen molar-refractivity contribution in [3.8, 4) is 17.1 Å². The van der Waals surface area contributed by atoms with Gasteiger partial charge < -0.3 is 15.0 Å². The van der Waals surface area contributed by atoms with Crippen molar-refractivity contribution in [3.63, 3.8) is 0 Å². The SMILES string of the molecule is COc1c(C)cc(-c2cc(N)no2)cc1F. The second-order valence-corrected chi connectivity index (χ2v) is 3.42. The minimum atomic E-state index is -0.438. The van der Waals surface area contributed by atoms with Crippen LogP contribution in [0.15, 0.2) is 22.7 Å². The molecule has 1 heterocycles. The predicted octanol–water partition coefficient (Wildman–Crippen LogP) is 2.38. The first-order chi connectivity index (χ1) is 7.61. The number of aromatic nitrogens is 1. The molecule has 0 saturated carbocycles. The van der Waals surface area contributed by atoms with E-state index in [1.54, 1.807) is 19.1 Å². The van der Waals surface area contributed by atoms with E-state index >= 15 is 0 Å². The summed E-state index contributed by atoms with van der Waals surface area (Å²) in [6.45, 7) is 1.76. The number of hydrogen-bond acceptors (Lipinski definition) is 4. The Morgan fingerprint density at radius 2 is 2.12 bits per heavy atom. The monoisotopic (exact) mass is 222 g/mol. The van der Waals surface area contributed by atoms with Gasteiger partial charge in [-0.15, -0.1) is 0 Å². The molecule has 0 spiro atoms. The molecule has 0 unspecified atom stereocenters. The van der Waals surface area contributed by atoms with Crippen LogP contribution in [0.2, 0.25) is 0 Å². The van der Waals surface area contributed by atoms with E-state index in [0.717, 1.165) is 0 Å². The fourth-order valence-electron chi connectivity index (χ4n) is 1.56. The summed E-state index contributed by atoms with van der Waals surface area (Å²) in [6, 6.07) is 4.62. The van der Waals surface area contributed by atoms with Gasteiger partial charge in [0.25, 0.3) is 0 Å². The van der Waals surface area contributed by atoms with Gasteiger partial charge >= 0.3 is 0 Å². The van der Waals surface area contributed by atoms with Crippen LogP contribution in [0.4, 0.5) is 10.2 Å². The van der Waals surface area contributed by atoms with Crippen molar-refractivity contribution in [1.82, 2.24) is 5.16 Å². The van der Waals surface area contributed by atoms with Crippen molar-refractivity contribution in [1.29, 1.82) is 0 Å². The highest BCUT2D eigenvalue weighted by Crippen LogP contribution is 2.29. The summed E-state index contributed by atoms with van der Waals surface area (Å²) >= 11 is 0. The van der Waals surface area contributed by atoms with E-state index in [-0.39, 0.29) is 11.6 Å². The van der Waals surface area contributed by atoms with Crippen molar-refractivity contribution in [2.75, 3.05) is 12.8 Å². The van der Waals surface area contributed by atoms with E-state index in [2.05, 4.69) is 5.16 Å². The van der Waals surface area contributed by atoms with Crippen molar-refractivity contribution < 1.29 is 13.7 Å². The fourth-order valence-corrected chi connectivity index (χ4v) is 1.56. The highest BCUT2D eigenvalue weighted by atomic mass is 19.1. The van der Waals surface area contributed by atoms with Crippen molar-refractivity contribution in [2.45, 2.75) is 6.92 Å². The predicted molar refractivity (Wildman–Crippen MR) is 57.6 cm³/mol. The van der Waals surface area contributed by atoms with Gasteiger partial charge in [-0.1, -0.05) is 5.16 Å². The Bertz CT molecular complexity index is 499. The van der Waals surface area contributed by atoms with Crippen molar-refractivity contribution in [2.24, 2.45) is 0 Å². The molecule has 0 aliphatic carbocycles. The Balaban J connectivity index is 2.52. The number of rotatable bonds is 2. The van der Waals surface area contributed by atoms with Gasteiger partial charge in [-0.25, -0.2) is 4.39 Å². The van der Waals surface area contributed by atoms with E-state index in [9.17, 15) is 4.39 Å². The third-order valence-electron chi connectivity index (χ3n) is 2.25. The van der Waals surface area contributed by atoms with Crippen LogP contribution in [0.5, 0.6) is 5.75 Å². The lowest BCUT2D eigenvalue weighted by molar-refractivity contribution is 0.383. The molecule has 0 atom stereocenters. The Morgan fingerprint density at radius 3 is 2.62 bits per heavy atom. The molecule has 0 amide bonds. The molecule has 2 rings (SSSR count). The molecule has 5 heteroatoms. The molecule has 1 aromatic carbocycles. The topological polar surface area (TPSA) is 61.3 Å². The number of methoxy groups -OCH3 is 1. The maximum Gasteiger partial charge on any atom is 0.169 e. The lowest BCUT2D eigenvalue weighted by Gasteiger charge is -2.07. The molecule has 1 aromatic heterocycles. The first-order valence-electron chi connectivity index (χ1n) is 4.68. The molecule has 0 bridgehead atoms. The van der Waals surface area contributed by atoms with Crippen LogP contribution >= 0.6 is 0 Å². The summed E-state index contributed by atoms with van der Waals surface area (Å²) in [5.74, 6) is 0.495. The van der Waals surface area contributed by atoms with Crippen molar-refractivity contribution >= 4 is 5.82 Å². The molecule has 0 fully saturated rings. The summed E-state index contributed by atoms with van der Waals surface area (Å²) in [6.07, 6.45) is 0. The van der Waals surface area contributed by atoms with Gasteiger partial charge in [0.1, 0.15) is 0 Å². The van der Waals surface area contributed by atoms with E-state index in [1.807, 2.05) is 0 Å². The highest BCUT2D eigenvalue weighted by molar-refractivity contribution is 5.62. The van der Waals surface area contributed by atoms with Crippen LogP contribution in [0, 0.1) is 12.7 Å². The zero-order chi connectivity index (χ0) is 11.7. The van der Waals surface area contributed by atoms with Crippen LogP contribution in [-0.2, 0) is 0 Å². The van der Waals surface area contributed by atoms with E-state index in [4.69, 9.17) is 15.0 Å². The minimum Gasteiger partial charge on any atom is -0.493 e. The number of ether oxygens (including phenoxy) is 1. The van der Waals surface area contributed by atoms with Crippen LogP contribution in [0.25, 0.3) is 11.3 Å². The first-order valence-corrected chi connectivity index (χ1v) is 4.68. The molecule has 84 valence electrons. The number of hydrogen-bond donors (Lipinski definition) is 1. The van der Waals surface area contributed by atoms with Gasteiger partial charge in [0.05, 0.1) is 7.11 Å². The largest absolute Gasteiger partial charge is 0.493 e. The lowest BCUT2D eigenvalue weighted by atomic mass is 10.1. The van der Waals surface area contributed by atoms with Gasteiger partial charge in [-0.05, 0) is 24.6 Å². The van der Waals surface area contributed by atoms with Crippen molar-refractivity contribution in [3.05, 3.63) is 29.6 Å². The lowest BCUT2D eigenvalue weighted by Crippen LogP contribution is -1.92. The molecule has 4 nitrogen and oxygen atoms in total. The van der Waals surface area contributed by atoms with Crippen LogP contribution in [-0.4, -0.2) is 12.3 Å². The van der Waals surface area contributed by atoms with E-state index in [0.29, 0.717) is 16.9 Å². The molecule has 0 radical (unpaired) electrons. The zero-order valence-corrected chi connectivity index (χ0v) is 8.95. The Morgan fingerprint density at radius 1 is 1.38 bits per heavy atom. The molecular weight excluding hydrogens is 211 g/mol. The third kappa shape index (κ3) is 1.71. The number of benzene rings is 1. The average Bonchev–Trinajstić information content (AvgIpc) is 2.64. The number of aryl methyl sites for hydroxylation is 1. The van der Waals surface area contributed by atoms with Gasteiger partial charge in [0.2, 0.25) is 0 Å². The maximum atomic E-state index is 13.6. The number of nitrogens with zero attached hydrogens (tertiary/aromatic N) is 1. The average molecular weight is 222 g/mol. The van der Waals surface area contributed by atoms with E-state index < -0.39 is 5.82 Å². The van der Waals surface area contributed by atoms with Gasteiger partial charge in [-0.2, -0.15) is 0 Å². The van der Waals surface area contributed by atoms with Crippen LogP contribution in [0.1, 0.15) is 5.56 Å². The fraction of sp³-hybridized carbons (Fsp3) is 0.182. The van der Waals surface area contributed by atoms with Gasteiger partial charge in [-0.3, -0.25) is 0 Å². The van der Waals surface area contributed by atoms with Gasteiger partial charge in [0, 0.05) is 11.6 Å². The Labute approximate surface area is 91.8 Å². The molecule has 0 aliphatic heterocycles. The normalized spacial score (nSPS) is 10.4. The van der Waals surface area contributed by atoms with E-state index in [1.165, 1.54) is 13.2 Å². The third-order valence-corrected chi connectivity index (χ3v) is 2.25. The Kier molecular flexibility index (Phi) is 2.52. The zero-order valence-electron chi connectivity index (χ0n) is 8.95. The summed E-state index contributed by atoms with van der Waals surface area (Å²) in [4.78, 5) is 0. The second-order valence-electron chi connectivity index (χ2n) is 3.42. The van der Waals surface area contributed by atoms with Gasteiger partial charge in [0.15, 0.2) is 23.1 Å². The Hall–Kier alpha value is -2.04. The summed E-state index contributed by atoms with van der Waals surface area (Å²) < 4.78 is 23.5. The molecule has 16 heavy (non-hydrogen) atoms. The number of anilines is 1. The quantitative estimate of drug-likeness (QED) is 0.847. The minimum absolute atomic E-state index is 0.233. The summed E-state index contributed by atoms with van der Waals surface area (Å²) in [5.41, 5.74) is 6.70. The smallest absolute Gasteiger partial charge is 0.169 e. The molecule has 0 aliphatic rings. The molecule has 2 N–H and O–H groups in total. The highest BCUT2D eigenvalue weighted by Gasteiger charge is 2.12. The maximum absolute atomic E-state index is 13.6. The molecule has 2 aromatic rings. The first kappa shape index (κ1) is 10.5. The standard InChI is InChI=1S/C11H11FN2O2/c1-6-3-7(4-8(12)11(6)15-2)9-5-10(13)14-16-9/h3-5H,1-2H3,(H2,13,14).